The minimum atomic E-state index is 0.437. The molecule has 0 aliphatic carbocycles. The number of carbonyl (C=O) groups is 1. The molecular formula is C12H7ClO2S. The molecule has 2 heterocycles. The second-order valence-electron chi connectivity index (χ2n) is 3.59. The highest BCUT2D eigenvalue weighted by Crippen LogP contribution is 2.41. The molecule has 0 saturated carbocycles. The fourth-order valence-corrected chi connectivity index (χ4v) is 2.86. The van der Waals surface area contributed by atoms with Crippen LogP contribution in [0.15, 0.2) is 22.9 Å². The average molecular weight is 251 g/mol. The summed E-state index contributed by atoms with van der Waals surface area (Å²) in [5, 5.41) is 4.57. The molecule has 0 spiro atoms. The number of rotatable bonds is 1. The van der Waals surface area contributed by atoms with E-state index in [1.54, 1.807) is 23.5 Å². The van der Waals surface area contributed by atoms with Gasteiger partial charge in [-0.15, -0.1) is 0 Å². The molecule has 0 saturated heterocycles. The number of benzene rings is 1. The minimum absolute atomic E-state index is 0.437. The monoisotopic (exact) mass is 250 g/mol. The van der Waals surface area contributed by atoms with Gasteiger partial charge in [-0.2, -0.15) is 11.3 Å². The number of aldehydes is 1. The quantitative estimate of drug-likeness (QED) is 0.720. The van der Waals surface area contributed by atoms with E-state index in [4.69, 9.17) is 16.3 Å². The van der Waals surface area contributed by atoms with Gasteiger partial charge >= 0.3 is 0 Å². The molecule has 1 aliphatic heterocycles. The Kier molecular flexibility index (Phi) is 2.23. The van der Waals surface area contributed by atoms with Crippen LogP contribution in [0, 0.1) is 0 Å². The zero-order chi connectivity index (χ0) is 11.1. The van der Waals surface area contributed by atoms with Gasteiger partial charge in [0.15, 0.2) is 6.29 Å². The zero-order valence-electron chi connectivity index (χ0n) is 8.20. The van der Waals surface area contributed by atoms with Gasteiger partial charge in [0.2, 0.25) is 0 Å². The first-order valence-electron chi connectivity index (χ1n) is 4.76. The lowest BCUT2D eigenvalue weighted by atomic mass is 9.99. The van der Waals surface area contributed by atoms with Crippen molar-refractivity contribution in [1.82, 2.24) is 0 Å². The van der Waals surface area contributed by atoms with Gasteiger partial charge in [0.05, 0.1) is 5.02 Å². The van der Waals surface area contributed by atoms with Crippen molar-refractivity contribution in [3.05, 3.63) is 39.0 Å². The third kappa shape index (κ3) is 1.36. The topological polar surface area (TPSA) is 26.3 Å². The summed E-state index contributed by atoms with van der Waals surface area (Å²) in [6.07, 6.45) is 0.767. The number of hydrogen-bond donors (Lipinski definition) is 0. The first-order chi connectivity index (χ1) is 7.79. The Balaban J connectivity index is 2.27. The van der Waals surface area contributed by atoms with Crippen LogP contribution < -0.4 is 4.74 Å². The third-order valence-corrected chi connectivity index (χ3v) is 3.76. The summed E-state index contributed by atoms with van der Waals surface area (Å²) in [6, 6.07) is 3.50. The summed E-state index contributed by atoms with van der Waals surface area (Å²) < 4.78 is 5.59. The van der Waals surface area contributed by atoms with Crippen molar-refractivity contribution in [1.29, 1.82) is 0 Å². The Morgan fingerprint density at radius 1 is 1.31 bits per heavy atom. The molecule has 0 fully saturated rings. The smallest absolute Gasteiger partial charge is 0.151 e. The van der Waals surface area contributed by atoms with Crippen LogP contribution in [0.5, 0.6) is 5.75 Å². The summed E-state index contributed by atoms with van der Waals surface area (Å²) in [5.41, 5.74) is 3.76. The molecule has 4 heteroatoms. The number of thiophene rings is 1. The predicted molar refractivity (Wildman–Crippen MR) is 64.5 cm³/mol. The van der Waals surface area contributed by atoms with Crippen LogP contribution in [-0.4, -0.2) is 6.29 Å². The summed E-state index contributed by atoms with van der Waals surface area (Å²) in [6.45, 7) is 0.572. The number of fused-ring (bicyclic) bond motifs is 3. The molecule has 0 atom stereocenters. The number of halogens is 1. The molecule has 3 rings (SSSR count). The van der Waals surface area contributed by atoms with E-state index in [1.165, 1.54) is 0 Å². The van der Waals surface area contributed by atoms with Gasteiger partial charge in [0, 0.05) is 28.3 Å². The maximum Gasteiger partial charge on any atom is 0.151 e. The highest BCUT2D eigenvalue weighted by atomic mass is 35.5. The Morgan fingerprint density at radius 3 is 3.00 bits per heavy atom. The van der Waals surface area contributed by atoms with E-state index in [9.17, 15) is 4.79 Å². The van der Waals surface area contributed by atoms with E-state index in [2.05, 4.69) is 10.8 Å². The lowest BCUT2D eigenvalue weighted by Crippen LogP contribution is -2.03. The minimum Gasteiger partial charge on any atom is -0.488 e. The zero-order valence-corrected chi connectivity index (χ0v) is 9.77. The van der Waals surface area contributed by atoms with Crippen molar-refractivity contribution in [2.45, 2.75) is 6.61 Å². The molecule has 1 aromatic carbocycles. The largest absolute Gasteiger partial charge is 0.488 e. The second-order valence-corrected chi connectivity index (χ2v) is 4.74. The van der Waals surface area contributed by atoms with E-state index < -0.39 is 0 Å². The molecule has 1 aromatic heterocycles. The third-order valence-electron chi connectivity index (χ3n) is 2.64. The van der Waals surface area contributed by atoms with Crippen LogP contribution in [0.1, 0.15) is 15.9 Å². The predicted octanol–water partition coefficient (Wildman–Crippen LogP) is 3.77. The maximum atomic E-state index is 10.8. The van der Waals surface area contributed by atoms with E-state index >= 15 is 0 Å². The Morgan fingerprint density at radius 2 is 2.19 bits per heavy atom. The summed E-state index contributed by atoms with van der Waals surface area (Å²) >= 11 is 7.59. The normalized spacial score (nSPS) is 12.6. The van der Waals surface area contributed by atoms with Crippen molar-refractivity contribution in [3.8, 4) is 16.9 Å². The van der Waals surface area contributed by atoms with Crippen LogP contribution >= 0.6 is 22.9 Å². The molecule has 0 amide bonds. The lowest BCUT2D eigenvalue weighted by Gasteiger charge is -2.18. The molecule has 0 N–H and O–H groups in total. The SMILES string of the molecule is O=Cc1cc2c(cc1Cl)OCc1cscc1-2. The molecule has 0 bridgehead atoms. The Bertz CT molecular complexity index is 574. The number of ether oxygens (including phenoxy) is 1. The van der Waals surface area contributed by atoms with Crippen molar-refractivity contribution in [2.75, 3.05) is 0 Å². The fraction of sp³-hybridized carbons (Fsp3) is 0.0833. The van der Waals surface area contributed by atoms with Gasteiger partial charge in [-0.25, -0.2) is 0 Å². The summed E-state index contributed by atoms with van der Waals surface area (Å²) in [5.74, 6) is 0.751. The number of carbonyl (C=O) groups excluding carboxylic acids is 1. The maximum absolute atomic E-state index is 10.8. The molecule has 80 valence electrons. The Hall–Kier alpha value is -1.32. The van der Waals surface area contributed by atoms with Crippen LogP contribution in [0.2, 0.25) is 5.02 Å². The molecule has 16 heavy (non-hydrogen) atoms. The van der Waals surface area contributed by atoms with E-state index in [0.717, 1.165) is 28.7 Å². The number of hydrogen-bond acceptors (Lipinski definition) is 3. The van der Waals surface area contributed by atoms with E-state index in [1.807, 2.05) is 0 Å². The van der Waals surface area contributed by atoms with Crippen molar-refractivity contribution in [2.24, 2.45) is 0 Å². The van der Waals surface area contributed by atoms with Crippen LogP contribution in [-0.2, 0) is 6.61 Å². The van der Waals surface area contributed by atoms with E-state index in [-0.39, 0.29) is 0 Å². The van der Waals surface area contributed by atoms with Gasteiger partial charge in [0.25, 0.3) is 0 Å². The molecule has 2 aromatic rings. The standard InChI is InChI=1S/C12H7ClO2S/c13-11-2-12-9(1-7(11)3-14)10-6-16-5-8(10)4-15-12/h1-3,5-6H,4H2. The van der Waals surface area contributed by atoms with E-state index in [0.29, 0.717) is 17.2 Å². The molecular weight excluding hydrogens is 244 g/mol. The van der Waals surface area contributed by atoms with Crippen LogP contribution in [0.4, 0.5) is 0 Å². The molecule has 0 radical (unpaired) electrons. The first-order valence-corrected chi connectivity index (χ1v) is 6.08. The van der Waals surface area contributed by atoms with Gasteiger partial charge in [-0.3, -0.25) is 4.79 Å². The first kappa shape index (κ1) is 9.87. The molecule has 1 aliphatic rings. The summed E-state index contributed by atoms with van der Waals surface area (Å²) in [7, 11) is 0. The molecule has 2 nitrogen and oxygen atoms in total. The van der Waals surface area contributed by atoms with Crippen molar-refractivity contribution >= 4 is 29.2 Å². The van der Waals surface area contributed by atoms with Gasteiger partial charge in [-0.1, -0.05) is 11.6 Å². The summed E-state index contributed by atoms with van der Waals surface area (Å²) in [4.78, 5) is 10.8. The molecule has 0 unspecified atom stereocenters. The highest BCUT2D eigenvalue weighted by Gasteiger charge is 2.19. The van der Waals surface area contributed by atoms with Crippen molar-refractivity contribution < 1.29 is 9.53 Å². The Labute approximate surface area is 101 Å². The van der Waals surface area contributed by atoms with Gasteiger partial charge in [-0.05, 0) is 16.8 Å². The van der Waals surface area contributed by atoms with Crippen LogP contribution in [0.3, 0.4) is 0 Å². The lowest BCUT2D eigenvalue weighted by molar-refractivity contribution is 0.112. The van der Waals surface area contributed by atoms with Crippen molar-refractivity contribution in [3.63, 3.8) is 0 Å². The van der Waals surface area contributed by atoms with Gasteiger partial charge < -0.3 is 4.74 Å². The van der Waals surface area contributed by atoms with Gasteiger partial charge in [0.1, 0.15) is 12.4 Å². The fourth-order valence-electron chi connectivity index (χ4n) is 1.82. The average Bonchev–Trinajstić information content (AvgIpc) is 2.76. The van der Waals surface area contributed by atoms with Crippen LogP contribution in [0.25, 0.3) is 11.1 Å². The second kappa shape index (κ2) is 3.61. The highest BCUT2D eigenvalue weighted by molar-refractivity contribution is 7.08.